The number of allylic oxidation sites excluding steroid dienone is 1. The van der Waals surface area contributed by atoms with Crippen LogP contribution in [0.4, 0.5) is 22.0 Å². The Kier molecular flexibility index (Phi) is 6.87. The van der Waals surface area contributed by atoms with Crippen LogP contribution in [0.25, 0.3) is 11.1 Å². The molecular weight excluding hydrogens is 487 g/mol. The molecule has 1 N–H and O–H groups in total. The molecule has 1 aliphatic heterocycles. The second-order valence-electron chi connectivity index (χ2n) is 8.40. The van der Waals surface area contributed by atoms with E-state index in [9.17, 15) is 26.7 Å². The molecule has 1 amide bonds. The molecule has 0 unspecified atom stereocenters. The van der Waals surface area contributed by atoms with Gasteiger partial charge in [0.2, 0.25) is 11.7 Å². The van der Waals surface area contributed by atoms with Crippen LogP contribution in [0, 0.1) is 0 Å². The molecule has 36 heavy (non-hydrogen) atoms. The number of amides is 1. The van der Waals surface area contributed by atoms with Crippen LogP contribution < -0.4 is 5.32 Å². The third-order valence-electron chi connectivity index (χ3n) is 6.07. The fourth-order valence-electron chi connectivity index (χ4n) is 3.93. The molecule has 0 radical (unpaired) electrons. The second-order valence-corrected chi connectivity index (χ2v) is 8.40. The van der Waals surface area contributed by atoms with Gasteiger partial charge in [-0.1, -0.05) is 12.5 Å². The van der Waals surface area contributed by atoms with E-state index in [1.807, 2.05) is 20.0 Å². The van der Waals surface area contributed by atoms with Crippen molar-refractivity contribution < 1.29 is 35.6 Å². The highest BCUT2D eigenvalue weighted by Gasteiger charge is 2.39. The number of rotatable bonds is 6. The molecule has 2 aromatic heterocycles. The van der Waals surface area contributed by atoms with E-state index in [4.69, 9.17) is 8.83 Å². The fraction of sp³-hybridized carbons (Fsp3) is 0.375. The zero-order valence-electron chi connectivity index (χ0n) is 19.6. The van der Waals surface area contributed by atoms with Gasteiger partial charge in [-0.15, -0.1) is 0 Å². The first kappa shape index (κ1) is 25.4. The number of nitrogens with zero attached hydrogens (tertiary/aromatic N) is 3. The molecule has 1 atom stereocenters. The van der Waals surface area contributed by atoms with E-state index in [0.717, 1.165) is 42.3 Å². The van der Waals surface area contributed by atoms with E-state index in [2.05, 4.69) is 15.3 Å². The number of nitrogens with one attached hydrogen (secondary N) is 1. The summed E-state index contributed by atoms with van der Waals surface area (Å²) in [5.74, 6) is -1.52. The number of carbonyl (C=O) groups excluding carboxylic acids is 1. The number of hydrogen-bond acceptors (Lipinski definition) is 6. The number of aromatic nitrogens is 2. The van der Waals surface area contributed by atoms with E-state index in [0.29, 0.717) is 12.0 Å². The van der Waals surface area contributed by atoms with E-state index in [1.165, 1.54) is 4.90 Å². The molecule has 12 heteroatoms. The SMILES string of the molecule is CCC(C)=CNC1=C(C)[C@@H](c2nc3cc(C(F)(F)F)ccc3o2)N(C(=O)c2ocnc2C(F)F)CC1. The van der Waals surface area contributed by atoms with Crippen molar-refractivity contribution in [3.05, 3.63) is 70.5 Å². The van der Waals surface area contributed by atoms with Gasteiger partial charge >= 0.3 is 6.18 Å². The summed E-state index contributed by atoms with van der Waals surface area (Å²) in [6.45, 7) is 5.72. The number of benzene rings is 1. The summed E-state index contributed by atoms with van der Waals surface area (Å²) in [6.07, 6.45) is -3.86. The predicted molar refractivity (Wildman–Crippen MR) is 119 cm³/mol. The molecule has 0 aliphatic carbocycles. The lowest BCUT2D eigenvalue weighted by Crippen LogP contribution is -2.41. The molecule has 1 aromatic carbocycles. The summed E-state index contributed by atoms with van der Waals surface area (Å²) in [6, 6.07) is 1.90. The van der Waals surface area contributed by atoms with Crippen LogP contribution in [0.15, 0.2) is 56.5 Å². The number of hydrogen-bond donors (Lipinski definition) is 1. The highest BCUT2D eigenvalue weighted by atomic mass is 19.4. The lowest BCUT2D eigenvalue weighted by atomic mass is 9.97. The Labute approximate surface area is 202 Å². The first-order chi connectivity index (χ1) is 17.0. The number of oxazole rings is 2. The van der Waals surface area contributed by atoms with Crippen molar-refractivity contribution in [1.82, 2.24) is 20.2 Å². The Hall–Kier alpha value is -3.70. The monoisotopic (exact) mass is 510 g/mol. The molecule has 192 valence electrons. The second kappa shape index (κ2) is 9.75. The first-order valence-electron chi connectivity index (χ1n) is 11.1. The van der Waals surface area contributed by atoms with Gasteiger partial charge in [0.25, 0.3) is 12.3 Å². The molecule has 0 spiro atoms. The molecule has 3 heterocycles. The molecule has 7 nitrogen and oxygen atoms in total. The van der Waals surface area contributed by atoms with Crippen LogP contribution in [-0.2, 0) is 6.18 Å². The Morgan fingerprint density at radius 2 is 2.08 bits per heavy atom. The molecular formula is C24H23F5N4O3. The minimum atomic E-state index is -4.57. The van der Waals surface area contributed by atoms with E-state index < -0.39 is 41.6 Å². The summed E-state index contributed by atoms with van der Waals surface area (Å²) in [4.78, 5) is 22.3. The van der Waals surface area contributed by atoms with Crippen LogP contribution >= 0.6 is 0 Å². The van der Waals surface area contributed by atoms with Crippen molar-refractivity contribution in [2.24, 2.45) is 0 Å². The summed E-state index contributed by atoms with van der Waals surface area (Å²) >= 11 is 0. The lowest BCUT2D eigenvalue weighted by molar-refractivity contribution is -0.137. The summed E-state index contributed by atoms with van der Waals surface area (Å²) in [5.41, 5.74) is 0.762. The van der Waals surface area contributed by atoms with Crippen molar-refractivity contribution >= 4 is 17.0 Å². The maximum Gasteiger partial charge on any atom is 0.416 e. The maximum absolute atomic E-state index is 13.4. The quantitative estimate of drug-likeness (QED) is 0.379. The molecule has 0 fully saturated rings. The maximum atomic E-state index is 13.4. The molecule has 1 aliphatic rings. The summed E-state index contributed by atoms with van der Waals surface area (Å²) < 4.78 is 77.1. The summed E-state index contributed by atoms with van der Waals surface area (Å²) in [7, 11) is 0. The smallest absolute Gasteiger partial charge is 0.416 e. The zero-order chi connectivity index (χ0) is 26.2. The standard InChI is InChI=1S/C24H23F5N4O3/c1-4-12(2)10-30-15-7-8-33(23(34)20-18(21(25)26)31-11-35-20)19(13(15)3)22-32-16-9-14(24(27,28)29)5-6-17(16)36-22/h5-6,9-11,19,21,30H,4,7-8H2,1-3H3/t19-/m0/s1. The Morgan fingerprint density at radius 3 is 2.75 bits per heavy atom. The number of fused-ring (bicyclic) bond motifs is 1. The zero-order valence-corrected chi connectivity index (χ0v) is 19.6. The van der Waals surface area contributed by atoms with Crippen molar-refractivity contribution in [3.63, 3.8) is 0 Å². The third kappa shape index (κ3) is 4.84. The van der Waals surface area contributed by atoms with Crippen LogP contribution in [0.1, 0.15) is 73.8 Å². The van der Waals surface area contributed by atoms with Crippen molar-refractivity contribution in [3.8, 4) is 0 Å². The normalized spacial score (nSPS) is 17.4. The Bertz CT molecular complexity index is 1340. The van der Waals surface area contributed by atoms with Gasteiger partial charge in [-0.05, 0) is 50.2 Å². The van der Waals surface area contributed by atoms with Crippen LogP contribution in [0.3, 0.4) is 0 Å². The van der Waals surface area contributed by atoms with Crippen molar-refractivity contribution in [2.75, 3.05) is 6.54 Å². The van der Waals surface area contributed by atoms with E-state index in [-0.39, 0.29) is 23.5 Å². The van der Waals surface area contributed by atoms with Gasteiger partial charge in [-0.3, -0.25) is 4.79 Å². The van der Waals surface area contributed by atoms with Crippen LogP contribution in [0.5, 0.6) is 0 Å². The highest BCUT2D eigenvalue weighted by Crippen LogP contribution is 2.39. The topological polar surface area (TPSA) is 84.4 Å². The van der Waals surface area contributed by atoms with Crippen LogP contribution in [0.2, 0.25) is 0 Å². The predicted octanol–water partition coefficient (Wildman–Crippen LogP) is 6.54. The minimum absolute atomic E-state index is 0.0465. The number of halogens is 5. The van der Waals surface area contributed by atoms with E-state index in [1.54, 1.807) is 6.92 Å². The first-order valence-corrected chi connectivity index (χ1v) is 11.1. The van der Waals surface area contributed by atoms with Gasteiger partial charge in [0, 0.05) is 18.7 Å². The van der Waals surface area contributed by atoms with Crippen molar-refractivity contribution in [2.45, 2.75) is 52.3 Å². The molecule has 0 saturated carbocycles. The molecule has 4 rings (SSSR count). The van der Waals surface area contributed by atoms with Crippen molar-refractivity contribution in [1.29, 1.82) is 0 Å². The number of carbonyl (C=O) groups is 1. The average Bonchev–Trinajstić information content (AvgIpc) is 3.48. The average molecular weight is 510 g/mol. The van der Waals surface area contributed by atoms with Gasteiger partial charge in [0.15, 0.2) is 17.7 Å². The van der Waals surface area contributed by atoms with Gasteiger partial charge < -0.3 is 19.1 Å². The number of alkyl halides is 5. The highest BCUT2D eigenvalue weighted by molar-refractivity contribution is 5.93. The minimum Gasteiger partial charge on any atom is -0.438 e. The molecule has 3 aromatic rings. The largest absolute Gasteiger partial charge is 0.438 e. The Morgan fingerprint density at radius 1 is 1.33 bits per heavy atom. The van der Waals surface area contributed by atoms with Gasteiger partial charge in [0.05, 0.1) is 5.56 Å². The summed E-state index contributed by atoms with van der Waals surface area (Å²) in [5, 5.41) is 3.21. The Balaban J connectivity index is 1.80. The van der Waals surface area contributed by atoms with Gasteiger partial charge in [-0.2, -0.15) is 13.2 Å². The molecule has 0 bridgehead atoms. The van der Waals surface area contributed by atoms with Crippen LogP contribution in [-0.4, -0.2) is 27.3 Å². The van der Waals surface area contributed by atoms with Gasteiger partial charge in [0.1, 0.15) is 11.6 Å². The van der Waals surface area contributed by atoms with Gasteiger partial charge in [-0.25, -0.2) is 18.7 Å². The molecule has 0 saturated heterocycles. The fourth-order valence-corrected chi connectivity index (χ4v) is 3.93. The third-order valence-corrected chi connectivity index (χ3v) is 6.07. The van der Waals surface area contributed by atoms with E-state index >= 15 is 0 Å². The lowest BCUT2D eigenvalue weighted by Gasteiger charge is -2.35.